The standard InChI is InChI=1S/C23H27NO4/c1-14(2)20(25)9-10-21(26)18-7-5-17-12-19(8-6-16(17)11-18)23(28)24-13-22(27)15(3)4/h5-8,11-12,14-15H,9-10,13H2,1-4H3,(H,24,28). The van der Waals surface area contributed by atoms with Crippen LogP contribution in [0.15, 0.2) is 36.4 Å². The van der Waals surface area contributed by atoms with Crippen molar-refractivity contribution in [2.75, 3.05) is 6.54 Å². The predicted octanol–water partition coefficient (Wildman–Crippen LogP) is 3.98. The number of amides is 1. The van der Waals surface area contributed by atoms with Gasteiger partial charge in [0.25, 0.3) is 5.91 Å². The number of hydrogen-bond donors (Lipinski definition) is 1. The molecule has 0 spiro atoms. The van der Waals surface area contributed by atoms with Gasteiger partial charge in [0.2, 0.25) is 0 Å². The molecule has 0 aliphatic heterocycles. The van der Waals surface area contributed by atoms with Crippen LogP contribution in [0.1, 0.15) is 61.3 Å². The molecular formula is C23H27NO4. The number of carbonyl (C=O) groups excluding carboxylic acids is 4. The number of nitrogens with one attached hydrogen (secondary N) is 1. The van der Waals surface area contributed by atoms with Crippen LogP contribution in [0.2, 0.25) is 0 Å². The third kappa shape index (κ3) is 5.59. The van der Waals surface area contributed by atoms with Crippen LogP contribution in [-0.2, 0) is 9.59 Å². The van der Waals surface area contributed by atoms with Crippen LogP contribution in [0.5, 0.6) is 0 Å². The van der Waals surface area contributed by atoms with E-state index in [0.29, 0.717) is 11.1 Å². The Hall–Kier alpha value is -2.82. The highest BCUT2D eigenvalue weighted by Gasteiger charge is 2.14. The average Bonchev–Trinajstić information content (AvgIpc) is 2.68. The first-order valence-electron chi connectivity index (χ1n) is 9.59. The van der Waals surface area contributed by atoms with Gasteiger partial charge in [-0.05, 0) is 29.0 Å². The lowest BCUT2D eigenvalue weighted by molar-refractivity contribution is -0.122. The minimum atomic E-state index is -0.303. The summed E-state index contributed by atoms with van der Waals surface area (Å²) in [4.78, 5) is 48.0. The molecule has 0 unspecified atom stereocenters. The molecule has 0 radical (unpaired) electrons. The number of ketones is 3. The van der Waals surface area contributed by atoms with Crippen LogP contribution < -0.4 is 5.32 Å². The average molecular weight is 381 g/mol. The van der Waals surface area contributed by atoms with Gasteiger partial charge in [-0.1, -0.05) is 45.9 Å². The zero-order chi connectivity index (χ0) is 20.8. The van der Waals surface area contributed by atoms with E-state index in [9.17, 15) is 19.2 Å². The van der Waals surface area contributed by atoms with Crippen LogP contribution in [0, 0.1) is 11.8 Å². The molecule has 0 atom stereocenters. The predicted molar refractivity (Wildman–Crippen MR) is 110 cm³/mol. The smallest absolute Gasteiger partial charge is 0.251 e. The van der Waals surface area contributed by atoms with E-state index >= 15 is 0 Å². The second kappa shape index (κ2) is 9.40. The van der Waals surface area contributed by atoms with Gasteiger partial charge in [0, 0.05) is 35.8 Å². The maximum Gasteiger partial charge on any atom is 0.251 e. The van der Waals surface area contributed by atoms with Crippen LogP contribution >= 0.6 is 0 Å². The van der Waals surface area contributed by atoms with Crippen molar-refractivity contribution in [3.8, 4) is 0 Å². The molecule has 28 heavy (non-hydrogen) atoms. The molecule has 1 N–H and O–H groups in total. The van der Waals surface area contributed by atoms with Crippen LogP contribution in [-0.4, -0.2) is 29.8 Å². The van der Waals surface area contributed by atoms with Gasteiger partial charge in [-0.15, -0.1) is 0 Å². The first kappa shape index (κ1) is 21.5. The quantitative estimate of drug-likeness (QED) is 0.666. The summed E-state index contributed by atoms with van der Waals surface area (Å²) < 4.78 is 0. The van der Waals surface area contributed by atoms with E-state index in [1.54, 1.807) is 50.2 Å². The van der Waals surface area contributed by atoms with E-state index in [2.05, 4.69) is 5.32 Å². The van der Waals surface area contributed by atoms with Crippen molar-refractivity contribution in [2.45, 2.75) is 40.5 Å². The van der Waals surface area contributed by atoms with E-state index in [4.69, 9.17) is 0 Å². The van der Waals surface area contributed by atoms with Gasteiger partial charge in [-0.2, -0.15) is 0 Å². The summed E-state index contributed by atoms with van der Waals surface area (Å²) in [6.07, 6.45) is 0.454. The highest BCUT2D eigenvalue weighted by atomic mass is 16.2. The lowest BCUT2D eigenvalue weighted by atomic mass is 9.97. The van der Waals surface area contributed by atoms with Gasteiger partial charge < -0.3 is 5.32 Å². The van der Waals surface area contributed by atoms with Crippen molar-refractivity contribution in [1.29, 1.82) is 0 Å². The third-order valence-electron chi connectivity index (χ3n) is 4.73. The summed E-state index contributed by atoms with van der Waals surface area (Å²) in [5.74, 6) is -0.490. The molecule has 148 valence electrons. The topological polar surface area (TPSA) is 80.3 Å². The highest BCUT2D eigenvalue weighted by molar-refractivity contribution is 6.03. The molecule has 1 amide bonds. The van der Waals surface area contributed by atoms with Crippen LogP contribution in [0.25, 0.3) is 10.8 Å². The van der Waals surface area contributed by atoms with Gasteiger partial charge in [-0.25, -0.2) is 0 Å². The minimum Gasteiger partial charge on any atom is -0.345 e. The summed E-state index contributed by atoms with van der Waals surface area (Å²) in [7, 11) is 0. The molecule has 0 saturated heterocycles. The van der Waals surface area contributed by atoms with Crippen molar-refractivity contribution < 1.29 is 19.2 Å². The number of carbonyl (C=O) groups is 4. The molecule has 2 aromatic carbocycles. The van der Waals surface area contributed by atoms with Crippen molar-refractivity contribution in [2.24, 2.45) is 11.8 Å². The Morgan fingerprint density at radius 2 is 1.29 bits per heavy atom. The van der Waals surface area contributed by atoms with E-state index in [-0.39, 0.29) is 54.5 Å². The van der Waals surface area contributed by atoms with E-state index in [0.717, 1.165) is 10.8 Å². The zero-order valence-electron chi connectivity index (χ0n) is 16.9. The molecule has 0 aromatic heterocycles. The second-order valence-corrected chi connectivity index (χ2v) is 7.62. The van der Waals surface area contributed by atoms with Gasteiger partial charge in [0.05, 0.1) is 6.54 Å². The molecule has 0 fully saturated rings. The fourth-order valence-corrected chi connectivity index (χ4v) is 2.70. The Labute approximate surface area is 165 Å². The molecule has 2 rings (SSSR count). The lowest BCUT2D eigenvalue weighted by Gasteiger charge is -2.08. The van der Waals surface area contributed by atoms with E-state index in [1.165, 1.54) is 0 Å². The Balaban J connectivity index is 2.09. The first-order chi connectivity index (χ1) is 13.2. The molecule has 0 heterocycles. The zero-order valence-corrected chi connectivity index (χ0v) is 16.9. The minimum absolute atomic E-state index is 0.0110. The molecule has 5 heteroatoms. The van der Waals surface area contributed by atoms with Gasteiger partial charge in [0.1, 0.15) is 5.78 Å². The highest BCUT2D eigenvalue weighted by Crippen LogP contribution is 2.20. The van der Waals surface area contributed by atoms with Crippen molar-refractivity contribution in [3.05, 3.63) is 47.5 Å². The molecule has 0 aliphatic rings. The molecule has 0 saturated carbocycles. The summed E-state index contributed by atoms with van der Waals surface area (Å²) in [6.45, 7) is 7.26. The Morgan fingerprint density at radius 1 is 0.750 bits per heavy atom. The fraction of sp³-hybridized carbons (Fsp3) is 0.391. The first-order valence-corrected chi connectivity index (χ1v) is 9.59. The Morgan fingerprint density at radius 3 is 1.86 bits per heavy atom. The Bertz CT molecular complexity index is 837. The van der Waals surface area contributed by atoms with Crippen LogP contribution in [0.4, 0.5) is 0 Å². The molecule has 5 nitrogen and oxygen atoms in total. The largest absolute Gasteiger partial charge is 0.345 e. The number of hydrogen-bond acceptors (Lipinski definition) is 4. The Kier molecular flexibility index (Phi) is 7.21. The second-order valence-electron chi connectivity index (χ2n) is 7.62. The molecule has 0 aliphatic carbocycles. The lowest BCUT2D eigenvalue weighted by Crippen LogP contribution is -2.31. The van der Waals surface area contributed by atoms with Crippen molar-refractivity contribution >= 4 is 34.0 Å². The monoisotopic (exact) mass is 381 g/mol. The molecular weight excluding hydrogens is 354 g/mol. The van der Waals surface area contributed by atoms with Crippen LogP contribution in [0.3, 0.4) is 0 Å². The van der Waals surface area contributed by atoms with Gasteiger partial charge in [0.15, 0.2) is 11.6 Å². The van der Waals surface area contributed by atoms with E-state index < -0.39 is 0 Å². The number of fused-ring (bicyclic) bond motifs is 1. The van der Waals surface area contributed by atoms with Crippen molar-refractivity contribution in [3.63, 3.8) is 0 Å². The summed E-state index contributed by atoms with van der Waals surface area (Å²) in [6, 6.07) is 10.5. The summed E-state index contributed by atoms with van der Waals surface area (Å²) in [5.41, 5.74) is 1.02. The molecule has 0 bridgehead atoms. The maximum absolute atomic E-state index is 12.3. The number of rotatable bonds is 9. The number of benzene rings is 2. The van der Waals surface area contributed by atoms with Crippen molar-refractivity contribution in [1.82, 2.24) is 5.32 Å². The molecule has 2 aromatic rings. The van der Waals surface area contributed by atoms with Gasteiger partial charge in [-0.3, -0.25) is 19.2 Å². The summed E-state index contributed by atoms with van der Waals surface area (Å²) in [5, 5.41) is 4.31. The normalized spacial score (nSPS) is 11.1. The third-order valence-corrected chi connectivity index (χ3v) is 4.73. The SMILES string of the molecule is CC(C)C(=O)CCC(=O)c1ccc2cc(C(=O)NCC(=O)C(C)C)ccc2c1. The maximum atomic E-state index is 12.3. The summed E-state index contributed by atoms with van der Waals surface area (Å²) >= 11 is 0. The fourth-order valence-electron chi connectivity index (χ4n) is 2.70. The van der Waals surface area contributed by atoms with Gasteiger partial charge >= 0.3 is 0 Å². The number of Topliss-reactive ketones (excluding diaryl/α,β-unsaturated/α-hetero) is 3. The van der Waals surface area contributed by atoms with E-state index in [1.807, 2.05) is 13.8 Å².